The topological polar surface area (TPSA) is 45.8 Å². The van der Waals surface area contributed by atoms with Gasteiger partial charge in [-0.25, -0.2) is 9.37 Å². The molecule has 0 aliphatic carbocycles. The minimum absolute atomic E-state index is 0.181. The Kier molecular flexibility index (Phi) is 1.80. The third kappa shape index (κ3) is 1.21. The molecule has 0 fully saturated rings. The Morgan fingerprint density at radius 3 is 2.90 bits per heavy atom. The van der Waals surface area contributed by atoms with Crippen molar-refractivity contribution in [2.24, 2.45) is 0 Å². The van der Waals surface area contributed by atoms with Crippen LogP contribution in [-0.4, -0.2) is 15.8 Å². The number of nitrogens with one attached hydrogen (secondary N) is 1. The average molecular weight is 142 g/mol. The van der Waals surface area contributed by atoms with Gasteiger partial charge >= 0.3 is 0 Å². The van der Waals surface area contributed by atoms with Crippen LogP contribution in [0.15, 0.2) is 6.20 Å². The number of aromatic nitrogens is 2. The number of nitrogens with zero attached hydrogens (tertiary/aromatic N) is 1. The number of H-pyrrole nitrogens is 1. The summed E-state index contributed by atoms with van der Waals surface area (Å²) in [6.07, 6.45) is 1.32. The maximum atomic E-state index is 11.8. The normalized spacial score (nSPS) is 9.80. The fraction of sp³-hybridized carbons (Fsp3) is 0.333. The Balaban J connectivity index is 2.88. The van der Waals surface area contributed by atoms with E-state index in [1.54, 1.807) is 0 Å². The van der Waals surface area contributed by atoms with E-state index in [4.69, 9.17) is 0 Å². The van der Waals surface area contributed by atoms with E-state index in [0.717, 1.165) is 0 Å². The predicted octanol–water partition coefficient (Wildman–Crippen LogP) is 1.08. The molecule has 1 heterocycles. The van der Waals surface area contributed by atoms with Crippen LogP contribution in [0.4, 0.5) is 4.39 Å². The van der Waals surface area contributed by atoms with Gasteiger partial charge in [0.25, 0.3) is 0 Å². The van der Waals surface area contributed by atoms with Gasteiger partial charge < -0.3 is 4.98 Å². The largest absolute Gasteiger partial charge is 0.337 e. The summed E-state index contributed by atoms with van der Waals surface area (Å²) >= 11 is 0. The highest BCUT2D eigenvalue weighted by Gasteiger charge is 2.02. The molecule has 0 unspecified atom stereocenters. The molecule has 10 heavy (non-hydrogen) atoms. The molecular weight excluding hydrogens is 135 g/mol. The Bertz CT molecular complexity index is 244. The van der Waals surface area contributed by atoms with Gasteiger partial charge in [0.05, 0.1) is 11.9 Å². The molecular formula is C6H7FN2O. The molecule has 4 heteroatoms. The molecule has 0 aliphatic heterocycles. The lowest BCUT2D eigenvalue weighted by Crippen LogP contribution is -1.94. The van der Waals surface area contributed by atoms with Crippen molar-refractivity contribution in [3.8, 4) is 0 Å². The first-order chi connectivity index (χ1) is 4.74. The number of carbonyl (C=O) groups is 1. The van der Waals surface area contributed by atoms with Crippen molar-refractivity contribution in [2.45, 2.75) is 13.6 Å². The highest BCUT2D eigenvalue weighted by Crippen LogP contribution is 1.98. The first-order valence-corrected chi connectivity index (χ1v) is 2.85. The van der Waals surface area contributed by atoms with Crippen LogP contribution < -0.4 is 0 Å². The molecule has 1 N–H and O–H groups in total. The number of alkyl halides is 1. The van der Waals surface area contributed by atoms with Gasteiger partial charge in [0, 0.05) is 6.92 Å². The second-order valence-electron chi connectivity index (χ2n) is 1.95. The first-order valence-electron chi connectivity index (χ1n) is 2.85. The van der Waals surface area contributed by atoms with Gasteiger partial charge in [-0.2, -0.15) is 0 Å². The molecule has 0 saturated heterocycles. The van der Waals surface area contributed by atoms with Gasteiger partial charge in [-0.1, -0.05) is 0 Å². The van der Waals surface area contributed by atoms with Crippen molar-refractivity contribution < 1.29 is 9.18 Å². The standard InChI is InChI=1S/C6H7FN2O/c1-4(10)6-8-3-5(2-7)9-6/h3H,2H2,1H3,(H,8,9). The lowest BCUT2D eigenvalue weighted by molar-refractivity contribution is 0.100. The molecule has 0 aromatic carbocycles. The second kappa shape index (κ2) is 2.60. The summed E-state index contributed by atoms with van der Waals surface area (Å²) < 4.78 is 11.8. The fourth-order valence-electron chi connectivity index (χ4n) is 0.606. The number of Topliss-reactive ketones (excluding diaryl/α,β-unsaturated/α-hetero) is 1. The predicted molar refractivity (Wildman–Crippen MR) is 33.4 cm³/mol. The average Bonchev–Trinajstić information content (AvgIpc) is 2.34. The van der Waals surface area contributed by atoms with Crippen molar-refractivity contribution in [1.29, 1.82) is 0 Å². The van der Waals surface area contributed by atoms with E-state index in [0.29, 0.717) is 5.69 Å². The number of aromatic amines is 1. The smallest absolute Gasteiger partial charge is 0.194 e. The van der Waals surface area contributed by atoms with E-state index in [-0.39, 0.29) is 11.6 Å². The zero-order valence-corrected chi connectivity index (χ0v) is 5.52. The van der Waals surface area contributed by atoms with Gasteiger partial charge in [-0.05, 0) is 0 Å². The van der Waals surface area contributed by atoms with E-state index < -0.39 is 6.67 Å². The Hall–Kier alpha value is -1.19. The summed E-state index contributed by atoms with van der Waals surface area (Å²) in [4.78, 5) is 16.7. The van der Waals surface area contributed by atoms with Crippen LogP contribution in [0.5, 0.6) is 0 Å². The number of hydrogen-bond donors (Lipinski definition) is 1. The third-order valence-electron chi connectivity index (χ3n) is 1.11. The summed E-state index contributed by atoms with van der Waals surface area (Å²) in [5.74, 6) is 0.0346. The van der Waals surface area contributed by atoms with Crippen LogP contribution >= 0.6 is 0 Å². The quantitative estimate of drug-likeness (QED) is 0.628. The Labute approximate surface area is 57.3 Å². The SMILES string of the molecule is CC(=O)c1ncc(CF)[nH]1. The van der Waals surface area contributed by atoms with Gasteiger partial charge in [0.1, 0.15) is 6.67 Å². The third-order valence-corrected chi connectivity index (χ3v) is 1.11. The number of carbonyl (C=O) groups excluding carboxylic acids is 1. The van der Waals surface area contributed by atoms with Crippen LogP contribution in [0.1, 0.15) is 23.2 Å². The van der Waals surface area contributed by atoms with Gasteiger partial charge in [0.15, 0.2) is 11.6 Å². The summed E-state index contributed by atoms with van der Waals surface area (Å²) in [5.41, 5.74) is 0.338. The zero-order chi connectivity index (χ0) is 7.56. The van der Waals surface area contributed by atoms with E-state index in [1.807, 2.05) is 0 Å². The molecule has 1 aromatic heterocycles. The maximum absolute atomic E-state index is 11.8. The van der Waals surface area contributed by atoms with Crippen LogP contribution in [0, 0.1) is 0 Å². The monoisotopic (exact) mass is 142 g/mol. The number of ketones is 1. The second-order valence-corrected chi connectivity index (χ2v) is 1.95. The van der Waals surface area contributed by atoms with Crippen molar-refractivity contribution in [2.75, 3.05) is 0 Å². The molecule has 0 amide bonds. The summed E-state index contributed by atoms with van der Waals surface area (Å²) in [6.45, 7) is 0.765. The molecule has 0 spiro atoms. The molecule has 0 bridgehead atoms. The van der Waals surface area contributed by atoms with Gasteiger partial charge in [-0.15, -0.1) is 0 Å². The molecule has 0 aliphatic rings. The van der Waals surface area contributed by atoms with Gasteiger partial charge in [0.2, 0.25) is 0 Å². The number of rotatable bonds is 2. The summed E-state index contributed by atoms with van der Waals surface area (Å²) in [7, 11) is 0. The van der Waals surface area contributed by atoms with E-state index >= 15 is 0 Å². The number of halogens is 1. The highest BCUT2D eigenvalue weighted by atomic mass is 19.1. The fourth-order valence-corrected chi connectivity index (χ4v) is 0.606. The minimum Gasteiger partial charge on any atom is -0.337 e. The summed E-state index contributed by atoms with van der Waals surface area (Å²) in [5, 5.41) is 0. The Morgan fingerprint density at radius 1 is 1.90 bits per heavy atom. The lowest BCUT2D eigenvalue weighted by Gasteiger charge is -1.84. The molecule has 1 rings (SSSR count). The highest BCUT2D eigenvalue weighted by molar-refractivity contribution is 5.90. The van der Waals surface area contributed by atoms with E-state index in [2.05, 4.69) is 9.97 Å². The molecule has 3 nitrogen and oxygen atoms in total. The van der Waals surface area contributed by atoms with E-state index in [9.17, 15) is 9.18 Å². The van der Waals surface area contributed by atoms with Crippen LogP contribution in [0.2, 0.25) is 0 Å². The molecule has 1 aromatic rings. The number of hydrogen-bond acceptors (Lipinski definition) is 2. The molecule has 0 saturated carbocycles. The van der Waals surface area contributed by atoms with Crippen LogP contribution in [0.25, 0.3) is 0 Å². The molecule has 0 atom stereocenters. The van der Waals surface area contributed by atoms with Crippen molar-refractivity contribution in [3.63, 3.8) is 0 Å². The van der Waals surface area contributed by atoms with Crippen LogP contribution in [-0.2, 0) is 6.67 Å². The molecule has 54 valence electrons. The van der Waals surface area contributed by atoms with Crippen molar-refractivity contribution in [1.82, 2.24) is 9.97 Å². The number of imidazole rings is 1. The maximum Gasteiger partial charge on any atom is 0.194 e. The van der Waals surface area contributed by atoms with E-state index in [1.165, 1.54) is 13.1 Å². The van der Waals surface area contributed by atoms with Crippen molar-refractivity contribution in [3.05, 3.63) is 17.7 Å². The zero-order valence-electron chi connectivity index (χ0n) is 5.52. The first kappa shape index (κ1) is 6.92. The van der Waals surface area contributed by atoms with Crippen molar-refractivity contribution >= 4 is 5.78 Å². The van der Waals surface area contributed by atoms with Crippen LogP contribution in [0.3, 0.4) is 0 Å². The minimum atomic E-state index is -0.611. The van der Waals surface area contributed by atoms with Gasteiger partial charge in [-0.3, -0.25) is 4.79 Å². The molecule has 0 radical (unpaired) electrons. The lowest BCUT2D eigenvalue weighted by atomic mass is 10.4. The Morgan fingerprint density at radius 2 is 2.60 bits per heavy atom. The summed E-state index contributed by atoms with van der Waals surface area (Å²) in [6, 6.07) is 0.